The van der Waals surface area contributed by atoms with E-state index >= 15 is 0 Å². The van der Waals surface area contributed by atoms with Gasteiger partial charge in [0, 0.05) is 28.5 Å². The minimum absolute atomic E-state index is 0.112. The van der Waals surface area contributed by atoms with E-state index < -0.39 is 28.9 Å². The molecule has 0 aliphatic carbocycles. The molecule has 0 fully saturated rings. The van der Waals surface area contributed by atoms with Crippen molar-refractivity contribution in [2.24, 2.45) is 0 Å². The summed E-state index contributed by atoms with van der Waals surface area (Å²) in [5, 5.41) is 5.41. The van der Waals surface area contributed by atoms with Crippen molar-refractivity contribution in [2.75, 3.05) is 10.6 Å². The molecule has 2 amide bonds. The molecule has 0 saturated carbocycles. The summed E-state index contributed by atoms with van der Waals surface area (Å²) in [7, 11) is 0. The first-order valence-electron chi connectivity index (χ1n) is 7.20. The van der Waals surface area contributed by atoms with Crippen molar-refractivity contribution in [3.63, 3.8) is 0 Å². The molecule has 0 spiro atoms. The van der Waals surface area contributed by atoms with E-state index in [9.17, 15) is 26.7 Å². The van der Waals surface area contributed by atoms with Crippen molar-refractivity contribution < 1.29 is 26.7 Å². The molecule has 0 bridgehead atoms. The van der Waals surface area contributed by atoms with Crippen LogP contribution in [-0.2, 0) is 17.3 Å². The smallest absolute Gasteiger partial charge is 0.416 e. The molecule has 1 unspecified atom stereocenters. The summed E-state index contributed by atoms with van der Waals surface area (Å²) in [6.07, 6.45) is -3.11. The van der Waals surface area contributed by atoms with Crippen LogP contribution in [-0.4, -0.2) is 19.8 Å². The fourth-order valence-electron chi connectivity index (χ4n) is 2.35. The number of halogens is 3. The zero-order chi connectivity index (χ0) is 18.9. The molecule has 136 valence electrons. The number of urea groups is 1. The number of fused-ring (bicyclic) bond motifs is 1. The molecule has 6 nitrogen and oxygen atoms in total. The minimum Gasteiger partial charge on any atom is -0.768 e. The van der Waals surface area contributed by atoms with E-state index in [2.05, 4.69) is 15.6 Å². The maximum absolute atomic E-state index is 12.5. The minimum atomic E-state index is -4.45. The predicted octanol–water partition coefficient (Wildman–Crippen LogP) is 4.07. The normalized spacial score (nSPS) is 12.8. The van der Waals surface area contributed by atoms with Crippen LogP contribution in [0.5, 0.6) is 0 Å². The molecule has 0 radical (unpaired) electrons. The van der Waals surface area contributed by atoms with Gasteiger partial charge in [-0.2, -0.15) is 13.2 Å². The molecule has 1 heterocycles. The van der Waals surface area contributed by atoms with E-state index in [1.807, 2.05) is 0 Å². The van der Waals surface area contributed by atoms with E-state index in [-0.39, 0.29) is 10.6 Å². The Bertz CT molecular complexity index is 984. The first-order chi connectivity index (χ1) is 12.2. The van der Waals surface area contributed by atoms with E-state index in [0.29, 0.717) is 16.6 Å². The fraction of sp³-hybridized carbons (Fsp3) is 0.0625. The van der Waals surface area contributed by atoms with Gasteiger partial charge in [-0.3, -0.25) is 4.21 Å². The highest BCUT2D eigenvalue weighted by atomic mass is 32.2. The van der Waals surface area contributed by atoms with Gasteiger partial charge in [-0.1, -0.05) is 0 Å². The van der Waals surface area contributed by atoms with Crippen molar-refractivity contribution >= 4 is 39.4 Å². The summed E-state index contributed by atoms with van der Waals surface area (Å²) in [6.45, 7) is 0. The summed E-state index contributed by atoms with van der Waals surface area (Å²) >= 11 is -2.39. The van der Waals surface area contributed by atoms with E-state index in [0.717, 1.165) is 24.3 Å². The lowest BCUT2D eigenvalue weighted by Gasteiger charge is -2.10. The number of aromatic nitrogens is 1. The Morgan fingerprint density at radius 1 is 1.04 bits per heavy atom. The summed E-state index contributed by atoms with van der Waals surface area (Å²) in [6, 6.07) is 7.96. The third-order valence-electron chi connectivity index (χ3n) is 3.55. The van der Waals surface area contributed by atoms with Crippen LogP contribution in [0.25, 0.3) is 10.9 Å². The molecule has 2 aromatic carbocycles. The number of benzene rings is 2. The Kier molecular flexibility index (Phi) is 4.70. The topological polar surface area (TPSA) is 97.1 Å². The summed E-state index contributed by atoms with van der Waals surface area (Å²) < 4.78 is 59.6. The van der Waals surface area contributed by atoms with Gasteiger partial charge in [0.1, 0.15) is 0 Å². The van der Waals surface area contributed by atoms with Crippen LogP contribution in [0, 0.1) is 0 Å². The second-order valence-electron chi connectivity index (χ2n) is 5.30. The first-order valence-corrected chi connectivity index (χ1v) is 8.27. The average Bonchev–Trinajstić information content (AvgIpc) is 2.97. The zero-order valence-corrected chi connectivity index (χ0v) is 13.7. The quantitative estimate of drug-likeness (QED) is 0.596. The van der Waals surface area contributed by atoms with Crippen molar-refractivity contribution in [3.8, 4) is 0 Å². The number of carbonyl (C=O) groups excluding carboxylic acids is 1. The van der Waals surface area contributed by atoms with Gasteiger partial charge in [-0.25, -0.2) is 4.79 Å². The molecule has 0 saturated heterocycles. The molecule has 3 aromatic rings. The lowest BCUT2D eigenvalue weighted by Crippen LogP contribution is -2.19. The summed E-state index contributed by atoms with van der Waals surface area (Å²) in [4.78, 5) is 14.9. The van der Waals surface area contributed by atoms with E-state index in [1.165, 1.54) is 24.4 Å². The molecule has 0 aliphatic rings. The van der Waals surface area contributed by atoms with Gasteiger partial charge in [-0.05, 0) is 53.5 Å². The predicted molar refractivity (Wildman–Crippen MR) is 89.6 cm³/mol. The van der Waals surface area contributed by atoms with Crippen molar-refractivity contribution in [1.29, 1.82) is 0 Å². The lowest BCUT2D eigenvalue weighted by molar-refractivity contribution is -0.137. The Labute approximate surface area is 147 Å². The van der Waals surface area contributed by atoms with Crippen molar-refractivity contribution in [1.82, 2.24) is 4.98 Å². The van der Waals surface area contributed by atoms with Crippen molar-refractivity contribution in [2.45, 2.75) is 11.1 Å². The number of carbonyl (C=O) groups is 1. The van der Waals surface area contributed by atoms with Crippen LogP contribution in [0.3, 0.4) is 0 Å². The second kappa shape index (κ2) is 6.81. The largest absolute Gasteiger partial charge is 0.768 e. The fourth-order valence-corrected chi connectivity index (χ4v) is 2.86. The number of hydrogen-bond donors (Lipinski definition) is 3. The number of hydrogen-bond acceptors (Lipinski definition) is 3. The Morgan fingerprint density at radius 3 is 2.27 bits per heavy atom. The van der Waals surface area contributed by atoms with E-state index in [4.69, 9.17) is 0 Å². The number of nitrogens with one attached hydrogen (secondary N) is 3. The van der Waals surface area contributed by atoms with Gasteiger partial charge in [-0.15, -0.1) is 0 Å². The lowest BCUT2D eigenvalue weighted by atomic mass is 10.2. The Morgan fingerprint density at radius 2 is 1.65 bits per heavy atom. The molecule has 0 aliphatic heterocycles. The van der Waals surface area contributed by atoms with Crippen LogP contribution in [0.4, 0.5) is 29.3 Å². The average molecular weight is 382 g/mol. The highest BCUT2D eigenvalue weighted by molar-refractivity contribution is 7.79. The van der Waals surface area contributed by atoms with E-state index in [1.54, 1.807) is 0 Å². The Hall–Kier alpha value is -2.85. The summed E-state index contributed by atoms with van der Waals surface area (Å²) in [5.74, 6) is 0. The molecule has 3 rings (SSSR count). The van der Waals surface area contributed by atoms with Gasteiger partial charge in [0.05, 0.1) is 10.5 Å². The van der Waals surface area contributed by atoms with Crippen LogP contribution in [0.1, 0.15) is 5.56 Å². The summed E-state index contributed by atoms with van der Waals surface area (Å²) in [5.41, 5.74) is 0.274. The SMILES string of the molecule is O=C(Nc1ccc(C(F)(F)F)cc1)Nc1ccc2c(S(=O)[O-])c[nH]c2c1. The number of aromatic amines is 1. The highest BCUT2D eigenvalue weighted by Gasteiger charge is 2.29. The van der Waals surface area contributed by atoms with Gasteiger partial charge in [0.25, 0.3) is 0 Å². The number of amides is 2. The molecular formula is C16H11F3N3O3S-. The number of anilines is 2. The van der Waals surface area contributed by atoms with Gasteiger partial charge in [0.15, 0.2) is 0 Å². The third kappa shape index (κ3) is 3.86. The molecule has 26 heavy (non-hydrogen) atoms. The van der Waals surface area contributed by atoms with Gasteiger partial charge in [0.2, 0.25) is 0 Å². The van der Waals surface area contributed by atoms with Gasteiger partial charge < -0.3 is 20.2 Å². The monoisotopic (exact) mass is 382 g/mol. The standard InChI is InChI=1S/C16H12F3N3O3S/c17-16(18,19)9-1-3-10(4-2-9)21-15(23)22-11-5-6-12-13(7-11)20-8-14(12)26(24)25/h1-8,20H,(H,24,25)(H2,21,22,23)/p-1. The number of rotatable bonds is 3. The maximum Gasteiger partial charge on any atom is 0.416 e. The van der Waals surface area contributed by atoms with Crippen molar-refractivity contribution in [3.05, 3.63) is 54.2 Å². The van der Waals surface area contributed by atoms with Crippen LogP contribution < -0.4 is 10.6 Å². The molecule has 1 atom stereocenters. The second-order valence-corrected chi connectivity index (χ2v) is 6.21. The van der Waals surface area contributed by atoms with Crippen LogP contribution in [0.15, 0.2) is 53.6 Å². The van der Waals surface area contributed by atoms with Crippen LogP contribution in [0.2, 0.25) is 0 Å². The molecule has 1 aromatic heterocycles. The third-order valence-corrected chi connectivity index (χ3v) is 4.25. The Balaban J connectivity index is 1.70. The number of H-pyrrole nitrogens is 1. The molecular weight excluding hydrogens is 371 g/mol. The first kappa shape index (κ1) is 18.0. The maximum atomic E-state index is 12.5. The van der Waals surface area contributed by atoms with Gasteiger partial charge >= 0.3 is 12.2 Å². The highest BCUT2D eigenvalue weighted by Crippen LogP contribution is 2.30. The molecule has 3 N–H and O–H groups in total. The molecule has 10 heteroatoms. The van der Waals surface area contributed by atoms with Crippen LogP contribution >= 0.6 is 0 Å². The zero-order valence-electron chi connectivity index (χ0n) is 12.9. The number of alkyl halides is 3.